The van der Waals surface area contributed by atoms with Crippen molar-refractivity contribution in [1.29, 1.82) is 0 Å². The number of phosphoric acid groups is 1. The first-order valence-electron chi connectivity index (χ1n) is 14.8. The minimum Gasteiger partial charge on any atom is -0.756 e. The molecule has 0 aromatic heterocycles. The van der Waals surface area contributed by atoms with Gasteiger partial charge in [-0.05, 0) is 6.42 Å². The standard InChI is InChI=1S/C28H58NO7P/c1-5-6-7-8-9-10-11-12-13-14-15-16-17-18-19-20-21-22-27(32)28(23-29(2,3)4)36-37(33,34)35-25-26(31)24-30/h26,28,30-31H,5-25H2,1-4H3/t26-,28?/m1/s1. The van der Waals surface area contributed by atoms with E-state index in [9.17, 15) is 19.4 Å². The summed E-state index contributed by atoms with van der Waals surface area (Å²) in [6.45, 7) is 1.22. The highest BCUT2D eigenvalue weighted by molar-refractivity contribution is 7.45. The zero-order chi connectivity index (χ0) is 28.0. The molecule has 222 valence electrons. The van der Waals surface area contributed by atoms with Crippen molar-refractivity contribution in [3.8, 4) is 0 Å². The smallest absolute Gasteiger partial charge is 0.268 e. The van der Waals surface area contributed by atoms with Crippen molar-refractivity contribution in [2.24, 2.45) is 0 Å². The van der Waals surface area contributed by atoms with E-state index in [4.69, 9.17) is 9.63 Å². The van der Waals surface area contributed by atoms with E-state index in [1.165, 1.54) is 89.9 Å². The Hall–Kier alpha value is -0.340. The maximum Gasteiger partial charge on any atom is 0.268 e. The van der Waals surface area contributed by atoms with Gasteiger partial charge in [-0.15, -0.1) is 0 Å². The summed E-state index contributed by atoms with van der Waals surface area (Å²) in [6, 6.07) is 0. The summed E-state index contributed by atoms with van der Waals surface area (Å²) in [5.74, 6) is -0.253. The molecular formula is C28H58NO7P. The van der Waals surface area contributed by atoms with Crippen LogP contribution in [0.3, 0.4) is 0 Å². The maximum absolute atomic E-state index is 12.7. The molecule has 0 spiro atoms. The molecule has 0 rings (SSSR count). The molecule has 0 aliphatic heterocycles. The number of hydrogen-bond donors (Lipinski definition) is 2. The third kappa shape index (κ3) is 24.4. The topological polar surface area (TPSA) is 116 Å². The number of ketones is 1. The molecule has 0 radical (unpaired) electrons. The number of carbonyl (C=O) groups excluding carboxylic acids is 1. The third-order valence-corrected chi connectivity index (χ3v) is 7.47. The van der Waals surface area contributed by atoms with Crippen molar-refractivity contribution in [2.45, 2.75) is 135 Å². The first-order valence-corrected chi connectivity index (χ1v) is 16.2. The molecule has 0 aliphatic carbocycles. The SMILES string of the molecule is CCCCCCCCCCCCCCCCCCCC(=O)C(C[N+](C)(C)C)OP(=O)([O-])OC[C@H](O)CO. The van der Waals surface area contributed by atoms with Crippen LogP contribution in [-0.4, -0.2) is 73.6 Å². The summed E-state index contributed by atoms with van der Waals surface area (Å²) >= 11 is 0. The highest BCUT2D eigenvalue weighted by Gasteiger charge is 2.30. The van der Waals surface area contributed by atoms with Crippen LogP contribution in [-0.2, 0) is 18.4 Å². The summed E-state index contributed by atoms with van der Waals surface area (Å²) in [5.41, 5.74) is 0. The second-order valence-electron chi connectivity index (χ2n) is 11.5. The fraction of sp³-hybridized carbons (Fsp3) is 0.964. The van der Waals surface area contributed by atoms with Crippen molar-refractivity contribution in [3.63, 3.8) is 0 Å². The van der Waals surface area contributed by atoms with Gasteiger partial charge < -0.3 is 28.6 Å². The first kappa shape index (κ1) is 36.7. The summed E-state index contributed by atoms with van der Waals surface area (Å²) < 4.78 is 22.2. The van der Waals surface area contributed by atoms with Gasteiger partial charge in [-0.3, -0.25) is 9.36 Å². The molecule has 3 atom stereocenters. The number of likely N-dealkylation sites (N-methyl/N-ethyl adjacent to an activating group) is 1. The average Bonchev–Trinajstić information content (AvgIpc) is 2.82. The van der Waals surface area contributed by atoms with Crippen molar-refractivity contribution in [3.05, 3.63) is 0 Å². The summed E-state index contributed by atoms with van der Waals surface area (Å²) in [4.78, 5) is 24.8. The van der Waals surface area contributed by atoms with Crippen LogP contribution in [0.1, 0.15) is 122 Å². The molecular weight excluding hydrogens is 493 g/mol. The number of quaternary nitrogens is 1. The molecule has 2 N–H and O–H groups in total. The zero-order valence-corrected chi connectivity index (χ0v) is 25.2. The summed E-state index contributed by atoms with van der Waals surface area (Å²) in [6.07, 6.45) is 19.3. The molecule has 0 aliphatic rings. The minimum atomic E-state index is -4.78. The van der Waals surface area contributed by atoms with E-state index < -0.39 is 33.2 Å². The van der Waals surface area contributed by atoms with E-state index in [1.807, 2.05) is 21.1 Å². The lowest BCUT2D eigenvalue weighted by molar-refractivity contribution is -0.872. The van der Waals surface area contributed by atoms with Gasteiger partial charge in [0.2, 0.25) is 0 Å². The lowest BCUT2D eigenvalue weighted by Crippen LogP contribution is -2.45. The number of aliphatic hydroxyl groups is 2. The van der Waals surface area contributed by atoms with E-state index in [1.54, 1.807) is 0 Å². The fourth-order valence-corrected chi connectivity index (χ4v) is 5.20. The Morgan fingerprint density at radius 2 is 1.22 bits per heavy atom. The van der Waals surface area contributed by atoms with Gasteiger partial charge >= 0.3 is 0 Å². The van der Waals surface area contributed by atoms with Gasteiger partial charge in [0, 0.05) is 6.42 Å². The Balaban J connectivity index is 3.95. The molecule has 0 fully saturated rings. The van der Waals surface area contributed by atoms with Gasteiger partial charge in [0.05, 0.1) is 34.4 Å². The predicted molar refractivity (Wildman–Crippen MR) is 148 cm³/mol. The van der Waals surface area contributed by atoms with Crippen molar-refractivity contribution in [2.75, 3.05) is 40.9 Å². The molecule has 37 heavy (non-hydrogen) atoms. The first-order chi connectivity index (χ1) is 17.5. The molecule has 0 heterocycles. The van der Waals surface area contributed by atoms with E-state index in [-0.39, 0.29) is 18.7 Å². The fourth-order valence-electron chi connectivity index (χ4n) is 4.29. The van der Waals surface area contributed by atoms with Crippen LogP contribution >= 0.6 is 7.82 Å². The monoisotopic (exact) mass is 551 g/mol. The molecule has 9 heteroatoms. The van der Waals surface area contributed by atoms with Crippen LogP contribution < -0.4 is 4.89 Å². The van der Waals surface area contributed by atoms with Crippen LogP contribution in [0.2, 0.25) is 0 Å². The molecule has 2 unspecified atom stereocenters. The van der Waals surface area contributed by atoms with Crippen LogP contribution in [0.15, 0.2) is 0 Å². The Kier molecular flexibility index (Phi) is 22.3. The summed E-state index contributed by atoms with van der Waals surface area (Å²) in [7, 11) is 0.773. The lowest BCUT2D eigenvalue weighted by atomic mass is 10.0. The molecule has 0 saturated heterocycles. The molecule has 0 saturated carbocycles. The Labute approximate surface area is 227 Å². The molecule has 0 bridgehead atoms. The van der Waals surface area contributed by atoms with Gasteiger partial charge in [0.25, 0.3) is 7.82 Å². The Bertz CT molecular complexity index is 598. The predicted octanol–water partition coefficient (Wildman–Crippen LogP) is 5.53. The van der Waals surface area contributed by atoms with Gasteiger partial charge in [0.15, 0.2) is 11.9 Å². The second-order valence-corrected chi connectivity index (χ2v) is 12.9. The van der Waals surface area contributed by atoms with Gasteiger partial charge in [-0.1, -0.05) is 110 Å². The molecule has 8 nitrogen and oxygen atoms in total. The van der Waals surface area contributed by atoms with E-state index >= 15 is 0 Å². The Morgan fingerprint density at radius 1 is 0.811 bits per heavy atom. The van der Waals surface area contributed by atoms with Gasteiger partial charge in [0.1, 0.15) is 12.6 Å². The number of rotatable bonds is 27. The second kappa shape index (κ2) is 22.5. The number of carbonyl (C=O) groups is 1. The van der Waals surface area contributed by atoms with Crippen molar-refractivity contribution in [1.82, 2.24) is 0 Å². The Morgan fingerprint density at radius 3 is 1.59 bits per heavy atom. The average molecular weight is 552 g/mol. The van der Waals surface area contributed by atoms with Crippen LogP contribution in [0.25, 0.3) is 0 Å². The zero-order valence-electron chi connectivity index (χ0n) is 24.3. The molecule has 0 aromatic rings. The lowest BCUT2D eigenvalue weighted by Gasteiger charge is -2.32. The highest BCUT2D eigenvalue weighted by atomic mass is 31.2. The highest BCUT2D eigenvalue weighted by Crippen LogP contribution is 2.40. The number of hydrogen-bond acceptors (Lipinski definition) is 7. The van der Waals surface area contributed by atoms with Crippen LogP contribution in [0.5, 0.6) is 0 Å². The van der Waals surface area contributed by atoms with E-state index in [0.29, 0.717) is 10.9 Å². The number of Topliss-reactive ketones (excluding diaryl/α,β-unsaturated/α-hetero) is 1. The van der Waals surface area contributed by atoms with Crippen LogP contribution in [0.4, 0.5) is 0 Å². The minimum absolute atomic E-state index is 0.190. The van der Waals surface area contributed by atoms with E-state index in [2.05, 4.69) is 11.4 Å². The number of phosphoric ester groups is 1. The van der Waals surface area contributed by atoms with Crippen molar-refractivity contribution >= 4 is 13.6 Å². The van der Waals surface area contributed by atoms with Gasteiger partial charge in [-0.2, -0.15) is 0 Å². The summed E-state index contributed by atoms with van der Waals surface area (Å²) in [5, 5.41) is 18.1. The quantitative estimate of drug-likeness (QED) is 0.0784. The number of unbranched alkanes of at least 4 members (excludes halogenated alkanes) is 16. The van der Waals surface area contributed by atoms with Crippen molar-refractivity contribution < 1.29 is 38.0 Å². The third-order valence-electron chi connectivity index (χ3n) is 6.49. The molecule has 0 aromatic carbocycles. The number of aliphatic hydroxyl groups excluding tert-OH is 2. The largest absolute Gasteiger partial charge is 0.756 e. The normalized spacial score (nSPS) is 15.4. The number of nitrogens with zero attached hydrogens (tertiary/aromatic N) is 1. The maximum atomic E-state index is 12.7. The van der Waals surface area contributed by atoms with Gasteiger partial charge in [-0.25, -0.2) is 0 Å². The molecule has 0 amide bonds. The van der Waals surface area contributed by atoms with E-state index in [0.717, 1.165) is 12.8 Å². The van der Waals surface area contributed by atoms with Crippen LogP contribution in [0, 0.1) is 0 Å².